The second-order valence-electron chi connectivity index (χ2n) is 6.35. The third kappa shape index (κ3) is 3.78. The van der Waals surface area contributed by atoms with Gasteiger partial charge in [-0.2, -0.15) is 0 Å². The molecule has 0 aliphatic carbocycles. The van der Waals surface area contributed by atoms with Gasteiger partial charge in [-0.05, 0) is 30.4 Å². The summed E-state index contributed by atoms with van der Waals surface area (Å²) in [7, 11) is 0. The van der Waals surface area contributed by atoms with E-state index >= 15 is 0 Å². The van der Waals surface area contributed by atoms with Crippen LogP contribution < -0.4 is 11.3 Å². The Balaban J connectivity index is 2.06. The van der Waals surface area contributed by atoms with Crippen molar-refractivity contribution >= 4 is 11.0 Å². The minimum Gasteiger partial charge on any atom is -0.329 e. The predicted octanol–water partition coefficient (Wildman–Crippen LogP) is 2.69. The van der Waals surface area contributed by atoms with Crippen LogP contribution in [0.25, 0.3) is 11.0 Å². The lowest BCUT2D eigenvalue weighted by molar-refractivity contribution is 0.317. The normalized spacial score (nSPS) is 13.9. The van der Waals surface area contributed by atoms with E-state index in [-0.39, 0.29) is 6.04 Å². The van der Waals surface area contributed by atoms with Crippen LogP contribution in [0.1, 0.15) is 33.6 Å². The first-order valence-corrected chi connectivity index (χ1v) is 6.85. The molecule has 1 heterocycles. The molecule has 0 amide bonds. The lowest BCUT2D eigenvalue weighted by Gasteiger charge is -2.23. The van der Waals surface area contributed by atoms with E-state index in [2.05, 4.69) is 41.8 Å². The zero-order valence-electron chi connectivity index (χ0n) is 12.1. The number of nitrogens with zero attached hydrogens (tertiary/aromatic N) is 2. The van der Waals surface area contributed by atoms with Gasteiger partial charge in [0.1, 0.15) is 0 Å². The van der Waals surface area contributed by atoms with Crippen LogP contribution >= 0.6 is 0 Å². The molecule has 4 heteroatoms. The molecule has 0 bridgehead atoms. The molecule has 3 N–H and O–H groups in total. The van der Waals surface area contributed by atoms with Crippen molar-refractivity contribution in [2.75, 3.05) is 0 Å². The van der Waals surface area contributed by atoms with Crippen LogP contribution in [0.15, 0.2) is 30.6 Å². The predicted molar refractivity (Wildman–Crippen MR) is 79.5 cm³/mol. The Kier molecular flexibility index (Phi) is 4.22. The minimum absolute atomic E-state index is 0.275. The Bertz CT molecular complexity index is 524. The molecule has 0 fully saturated rings. The summed E-state index contributed by atoms with van der Waals surface area (Å²) < 4.78 is 2.17. The molecule has 2 rings (SSSR count). The molecule has 0 aliphatic rings. The minimum atomic E-state index is 0.275. The van der Waals surface area contributed by atoms with Gasteiger partial charge in [-0.25, -0.2) is 4.98 Å². The molecular weight excluding hydrogens is 236 g/mol. The number of nitrogens with two attached hydrogens (primary N) is 1. The first-order valence-electron chi connectivity index (χ1n) is 6.85. The fraction of sp³-hybridized carbons (Fsp3) is 0.533. The molecule has 19 heavy (non-hydrogen) atoms. The average molecular weight is 260 g/mol. The number of hydrazine groups is 1. The molecule has 0 radical (unpaired) electrons. The summed E-state index contributed by atoms with van der Waals surface area (Å²) in [6, 6.07) is 8.46. The molecule has 2 aromatic rings. The van der Waals surface area contributed by atoms with Crippen LogP contribution in [0.3, 0.4) is 0 Å². The van der Waals surface area contributed by atoms with Gasteiger partial charge in [0.15, 0.2) is 0 Å². The Hall–Kier alpha value is -1.39. The number of nitrogens with one attached hydrogen (secondary N) is 1. The third-order valence-electron chi connectivity index (χ3n) is 3.42. The quantitative estimate of drug-likeness (QED) is 0.642. The SMILES string of the molecule is CC(C)(C)CCC(Cn1cnc2ccccc21)NN. The molecule has 4 nitrogen and oxygen atoms in total. The summed E-state index contributed by atoms with van der Waals surface area (Å²) in [5, 5.41) is 0. The monoisotopic (exact) mass is 260 g/mol. The van der Waals surface area contributed by atoms with Crippen molar-refractivity contribution in [3.05, 3.63) is 30.6 Å². The van der Waals surface area contributed by atoms with E-state index in [4.69, 9.17) is 5.84 Å². The van der Waals surface area contributed by atoms with Gasteiger partial charge in [0.2, 0.25) is 0 Å². The molecule has 1 aromatic heterocycles. The topological polar surface area (TPSA) is 55.9 Å². The number of hydrogen-bond acceptors (Lipinski definition) is 3. The molecule has 0 saturated carbocycles. The summed E-state index contributed by atoms with van der Waals surface area (Å²) in [5.41, 5.74) is 5.47. The van der Waals surface area contributed by atoms with Crippen molar-refractivity contribution in [2.45, 2.75) is 46.2 Å². The Morgan fingerprint density at radius 3 is 2.74 bits per heavy atom. The van der Waals surface area contributed by atoms with E-state index < -0.39 is 0 Å². The maximum absolute atomic E-state index is 5.68. The van der Waals surface area contributed by atoms with Gasteiger partial charge < -0.3 is 4.57 Å². The highest BCUT2D eigenvalue weighted by atomic mass is 15.2. The summed E-state index contributed by atoms with van der Waals surface area (Å²) >= 11 is 0. The smallest absolute Gasteiger partial charge is 0.0958 e. The van der Waals surface area contributed by atoms with E-state index in [9.17, 15) is 0 Å². The van der Waals surface area contributed by atoms with Crippen LogP contribution in [-0.4, -0.2) is 15.6 Å². The fourth-order valence-corrected chi connectivity index (χ4v) is 2.23. The van der Waals surface area contributed by atoms with Crippen molar-refractivity contribution in [1.82, 2.24) is 15.0 Å². The number of aromatic nitrogens is 2. The number of fused-ring (bicyclic) bond motifs is 1. The van der Waals surface area contributed by atoms with Gasteiger partial charge in [0.05, 0.1) is 17.4 Å². The van der Waals surface area contributed by atoms with Gasteiger partial charge in [-0.3, -0.25) is 11.3 Å². The second-order valence-corrected chi connectivity index (χ2v) is 6.35. The Morgan fingerprint density at radius 1 is 1.32 bits per heavy atom. The lowest BCUT2D eigenvalue weighted by Crippen LogP contribution is -2.38. The molecule has 0 spiro atoms. The van der Waals surface area contributed by atoms with Crippen LogP contribution in [0.2, 0.25) is 0 Å². The summed E-state index contributed by atoms with van der Waals surface area (Å²) in [4.78, 5) is 4.41. The Morgan fingerprint density at radius 2 is 2.05 bits per heavy atom. The van der Waals surface area contributed by atoms with Crippen molar-refractivity contribution in [3.63, 3.8) is 0 Å². The number of benzene rings is 1. The number of rotatable bonds is 5. The Labute approximate surface area is 115 Å². The van der Waals surface area contributed by atoms with E-state index in [1.807, 2.05) is 24.5 Å². The average Bonchev–Trinajstić information content (AvgIpc) is 2.77. The second kappa shape index (κ2) is 5.72. The van der Waals surface area contributed by atoms with Crippen molar-refractivity contribution in [3.8, 4) is 0 Å². The summed E-state index contributed by atoms with van der Waals surface area (Å²) in [6.45, 7) is 7.63. The standard InChI is InChI=1S/C15H24N4/c1-15(2,3)9-8-12(18-16)10-19-11-17-13-6-4-5-7-14(13)19/h4-7,11-12,18H,8-10,16H2,1-3H3. The number of hydrogen-bond donors (Lipinski definition) is 2. The van der Waals surface area contributed by atoms with Crippen LogP contribution in [0, 0.1) is 5.41 Å². The van der Waals surface area contributed by atoms with Crippen LogP contribution in [0.5, 0.6) is 0 Å². The van der Waals surface area contributed by atoms with Crippen LogP contribution in [-0.2, 0) is 6.54 Å². The van der Waals surface area contributed by atoms with Gasteiger partial charge in [0, 0.05) is 12.6 Å². The molecule has 1 aromatic carbocycles. The molecule has 0 saturated heterocycles. The highest BCUT2D eigenvalue weighted by Gasteiger charge is 2.15. The number of para-hydroxylation sites is 2. The largest absolute Gasteiger partial charge is 0.329 e. The molecule has 104 valence electrons. The van der Waals surface area contributed by atoms with Gasteiger partial charge in [-0.1, -0.05) is 32.9 Å². The van der Waals surface area contributed by atoms with Crippen molar-refractivity contribution in [1.29, 1.82) is 0 Å². The summed E-state index contributed by atoms with van der Waals surface area (Å²) in [5.74, 6) is 5.68. The van der Waals surface area contributed by atoms with Crippen LogP contribution in [0.4, 0.5) is 0 Å². The molecular formula is C15H24N4. The molecule has 1 unspecified atom stereocenters. The van der Waals surface area contributed by atoms with Crippen molar-refractivity contribution in [2.24, 2.45) is 11.3 Å². The first-order chi connectivity index (χ1) is 8.99. The molecule has 1 atom stereocenters. The molecule has 0 aliphatic heterocycles. The fourth-order valence-electron chi connectivity index (χ4n) is 2.23. The zero-order valence-corrected chi connectivity index (χ0v) is 12.1. The van der Waals surface area contributed by atoms with Gasteiger partial charge in [0.25, 0.3) is 0 Å². The highest BCUT2D eigenvalue weighted by molar-refractivity contribution is 5.74. The maximum Gasteiger partial charge on any atom is 0.0958 e. The lowest BCUT2D eigenvalue weighted by atomic mass is 9.89. The zero-order chi connectivity index (χ0) is 13.9. The van der Waals surface area contributed by atoms with E-state index in [1.165, 1.54) is 5.52 Å². The third-order valence-corrected chi connectivity index (χ3v) is 3.42. The number of imidazole rings is 1. The van der Waals surface area contributed by atoms with E-state index in [0.29, 0.717) is 5.41 Å². The highest BCUT2D eigenvalue weighted by Crippen LogP contribution is 2.22. The van der Waals surface area contributed by atoms with Gasteiger partial charge in [-0.15, -0.1) is 0 Å². The van der Waals surface area contributed by atoms with Crippen molar-refractivity contribution < 1.29 is 0 Å². The summed E-state index contributed by atoms with van der Waals surface area (Å²) in [6.07, 6.45) is 4.10. The first kappa shape index (κ1) is 14.0. The van der Waals surface area contributed by atoms with E-state index in [0.717, 1.165) is 24.9 Å². The van der Waals surface area contributed by atoms with E-state index in [1.54, 1.807) is 0 Å². The van der Waals surface area contributed by atoms with Gasteiger partial charge >= 0.3 is 0 Å². The maximum atomic E-state index is 5.68.